The van der Waals surface area contributed by atoms with Crippen LogP contribution in [0.5, 0.6) is 0 Å². The third kappa shape index (κ3) is 5.22. The summed E-state index contributed by atoms with van der Waals surface area (Å²) in [6.45, 7) is 3.25. The molecule has 4 rings (SSSR count). The van der Waals surface area contributed by atoms with E-state index in [9.17, 15) is 19.5 Å². The third-order valence-corrected chi connectivity index (χ3v) is 6.74. The summed E-state index contributed by atoms with van der Waals surface area (Å²) in [5, 5.41) is 14.5. The summed E-state index contributed by atoms with van der Waals surface area (Å²) >= 11 is 3.37. The Kier molecular flexibility index (Phi) is 6.93. The van der Waals surface area contributed by atoms with E-state index < -0.39 is 23.4 Å². The highest BCUT2D eigenvalue weighted by atomic mass is 79.9. The van der Waals surface area contributed by atoms with Crippen LogP contribution in [0, 0.1) is 5.41 Å². The lowest BCUT2D eigenvalue weighted by atomic mass is 9.94. The first kappa shape index (κ1) is 24.5. The highest BCUT2D eigenvalue weighted by Crippen LogP contribution is 2.44. The first-order valence-electron chi connectivity index (χ1n) is 11.1. The van der Waals surface area contributed by atoms with Crippen LogP contribution in [0.3, 0.4) is 0 Å². The number of ether oxygens (including phenoxy) is 1. The zero-order valence-electron chi connectivity index (χ0n) is 19.3. The van der Waals surface area contributed by atoms with Crippen molar-refractivity contribution in [3.63, 3.8) is 0 Å². The number of aliphatic carboxylic acids is 1. The summed E-state index contributed by atoms with van der Waals surface area (Å²) in [6.07, 6.45) is -0.604. The third-order valence-electron chi connectivity index (χ3n) is 6.08. The number of hydrogen-bond donors (Lipinski definition) is 3. The van der Waals surface area contributed by atoms with Crippen molar-refractivity contribution < 1.29 is 24.2 Å². The molecule has 3 aromatic carbocycles. The van der Waals surface area contributed by atoms with Gasteiger partial charge in [-0.2, -0.15) is 0 Å². The number of carboxylic acids is 1. The van der Waals surface area contributed by atoms with Gasteiger partial charge in [-0.15, -0.1) is 0 Å². The smallest absolute Gasteiger partial charge is 0.411 e. The van der Waals surface area contributed by atoms with Gasteiger partial charge in [-0.1, -0.05) is 48.5 Å². The topological polar surface area (TPSA) is 105 Å². The van der Waals surface area contributed by atoms with E-state index in [0.717, 1.165) is 22.3 Å². The monoisotopic (exact) mass is 536 g/mol. The van der Waals surface area contributed by atoms with E-state index in [1.807, 2.05) is 24.3 Å². The van der Waals surface area contributed by atoms with Crippen LogP contribution >= 0.6 is 15.9 Å². The van der Waals surface area contributed by atoms with Crippen molar-refractivity contribution in [1.82, 2.24) is 5.32 Å². The second-order valence-electron chi connectivity index (χ2n) is 9.02. The lowest BCUT2D eigenvalue weighted by molar-refractivity contribution is -0.146. The molecule has 0 fully saturated rings. The molecule has 180 valence electrons. The average molecular weight is 537 g/mol. The largest absolute Gasteiger partial charge is 0.481 e. The predicted molar refractivity (Wildman–Crippen MR) is 137 cm³/mol. The summed E-state index contributed by atoms with van der Waals surface area (Å²) in [5.74, 6) is -1.45. The number of rotatable bonds is 7. The lowest BCUT2D eigenvalue weighted by Gasteiger charge is -2.19. The zero-order chi connectivity index (χ0) is 25.2. The van der Waals surface area contributed by atoms with Gasteiger partial charge in [-0.05, 0) is 70.2 Å². The van der Waals surface area contributed by atoms with Crippen LogP contribution in [-0.4, -0.2) is 36.2 Å². The number of anilines is 1. The SMILES string of the molecule is CC(C)(CNC(=O)c1ccc(NC(=O)OCC2c3ccccc3-c3ccccc32)c(Br)c1)C(=O)O. The Balaban J connectivity index is 1.38. The molecule has 0 saturated heterocycles. The Hall–Kier alpha value is -3.65. The minimum absolute atomic E-state index is 0.0153. The normalized spacial score (nSPS) is 12.4. The number of carbonyl (C=O) groups is 3. The number of halogens is 1. The highest BCUT2D eigenvalue weighted by Gasteiger charge is 2.29. The summed E-state index contributed by atoms with van der Waals surface area (Å²) in [6, 6.07) is 20.9. The van der Waals surface area contributed by atoms with Crippen molar-refractivity contribution in [2.45, 2.75) is 19.8 Å². The molecule has 3 aromatic rings. The average Bonchev–Trinajstić information content (AvgIpc) is 3.16. The van der Waals surface area contributed by atoms with Crippen LogP contribution in [0.1, 0.15) is 41.3 Å². The molecular weight excluding hydrogens is 512 g/mol. The minimum atomic E-state index is -1.08. The standard InChI is InChI=1S/C27H25BrN2O5/c1-27(2,25(32)33)15-29-24(31)16-11-12-23(22(28)13-16)30-26(34)35-14-21-19-9-5-3-7-17(19)18-8-4-6-10-20(18)21/h3-13,21H,14-15H2,1-2H3,(H,29,31)(H,30,34)(H,32,33). The van der Waals surface area contributed by atoms with E-state index in [2.05, 4.69) is 50.8 Å². The number of amides is 2. The maximum Gasteiger partial charge on any atom is 0.411 e. The fourth-order valence-electron chi connectivity index (χ4n) is 3.98. The molecule has 0 radical (unpaired) electrons. The van der Waals surface area contributed by atoms with Gasteiger partial charge in [-0.3, -0.25) is 14.9 Å². The first-order valence-corrected chi connectivity index (χ1v) is 11.9. The summed E-state index contributed by atoms with van der Waals surface area (Å²) in [5.41, 5.74) is 4.26. The van der Waals surface area contributed by atoms with Crippen molar-refractivity contribution in [2.24, 2.45) is 5.41 Å². The molecule has 1 aliphatic rings. The highest BCUT2D eigenvalue weighted by molar-refractivity contribution is 9.10. The van der Waals surface area contributed by atoms with E-state index in [1.165, 1.54) is 13.8 Å². The molecule has 8 heteroatoms. The molecule has 0 saturated carbocycles. The van der Waals surface area contributed by atoms with Gasteiger partial charge in [0.05, 0.1) is 11.1 Å². The Morgan fingerprint density at radius 1 is 0.971 bits per heavy atom. The molecule has 0 atom stereocenters. The van der Waals surface area contributed by atoms with E-state index in [4.69, 9.17) is 4.74 Å². The Morgan fingerprint density at radius 3 is 2.14 bits per heavy atom. The van der Waals surface area contributed by atoms with E-state index in [1.54, 1.807) is 18.2 Å². The van der Waals surface area contributed by atoms with Gasteiger partial charge < -0.3 is 15.2 Å². The second-order valence-corrected chi connectivity index (χ2v) is 9.87. The van der Waals surface area contributed by atoms with E-state index >= 15 is 0 Å². The van der Waals surface area contributed by atoms with E-state index in [-0.39, 0.29) is 19.1 Å². The fourth-order valence-corrected chi connectivity index (χ4v) is 4.46. The van der Waals surface area contributed by atoms with Crippen molar-refractivity contribution >= 4 is 39.6 Å². The number of fused-ring (bicyclic) bond motifs is 3. The summed E-state index contributed by atoms with van der Waals surface area (Å²) in [4.78, 5) is 36.2. The number of nitrogens with one attached hydrogen (secondary N) is 2. The molecule has 0 bridgehead atoms. The molecule has 0 aliphatic heterocycles. The molecule has 35 heavy (non-hydrogen) atoms. The summed E-state index contributed by atoms with van der Waals surface area (Å²) in [7, 11) is 0. The van der Waals surface area contributed by atoms with Crippen molar-refractivity contribution in [2.75, 3.05) is 18.5 Å². The minimum Gasteiger partial charge on any atom is -0.481 e. The first-order chi connectivity index (χ1) is 16.7. The van der Waals surface area contributed by atoms with Crippen LogP contribution in [-0.2, 0) is 9.53 Å². The van der Waals surface area contributed by atoms with Gasteiger partial charge >= 0.3 is 12.1 Å². The summed E-state index contributed by atoms with van der Waals surface area (Å²) < 4.78 is 6.07. The second kappa shape index (κ2) is 9.92. The zero-order valence-corrected chi connectivity index (χ0v) is 20.9. The van der Waals surface area contributed by atoms with Crippen LogP contribution in [0.4, 0.5) is 10.5 Å². The van der Waals surface area contributed by atoms with Gasteiger partial charge in [0.25, 0.3) is 5.91 Å². The number of carboxylic acid groups (broad SMARTS) is 1. The van der Waals surface area contributed by atoms with Gasteiger partial charge in [0.1, 0.15) is 6.61 Å². The van der Waals surface area contributed by atoms with Gasteiger partial charge in [0.15, 0.2) is 0 Å². The van der Waals surface area contributed by atoms with Crippen LogP contribution in [0.2, 0.25) is 0 Å². The van der Waals surface area contributed by atoms with Crippen molar-refractivity contribution in [3.8, 4) is 11.1 Å². The molecule has 2 amide bonds. The van der Waals surface area contributed by atoms with Crippen molar-refractivity contribution in [3.05, 3.63) is 87.9 Å². The van der Waals surface area contributed by atoms with Gasteiger partial charge in [0, 0.05) is 22.5 Å². The van der Waals surface area contributed by atoms with Crippen LogP contribution in [0.25, 0.3) is 11.1 Å². The van der Waals surface area contributed by atoms with Gasteiger partial charge in [-0.25, -0.2) is 4.79 Å². The number of carbonyl (C=O) groups excluding carboxylic acids is 2. The maximum atomic E-state index is 12.6. The van der Waals surface area contributed by atoms with E-state index in [0.29, 0.717) is 15.7 Å². The quantitative estimate of drug-likeness (QED) is 0.361. The fraction of sp³-hybridized carbons (Fsp3) is 0.222. The molecule has 0 unspecified atom stereocenters. The molecule has 7 nitrogen and oxygen atoms in total. The molecule has 0 spiro atoms. The molecule has 3 N–H and O–H groups in total. The Labute approximate surface area is 211 Å². The Bertz CT molecular complexity index is 1260. The lowest BCUT2D eigenvalue weighted by Crippen LogP contribution is -2.38. The van der Waals surface area contributed by atoms with Crippen LogP contribution < -0.4 is 10.6 Å². The molecule has 0 heterocycles. The van der Waals surface area contributed by atoms with Gasteiger partial charge in [0.2, 0.25) is 0 Å². The molecule has 0 aromatic heterocycles. The maximum absolute atomic E-state index is 12.6. The van der Waals surface area contributed by atoms with Crippen molar-refractivity contribution in [1.29, 1.82) is 0 Å². The Morgan fingerprint density at radius 2 is 1.57 bits per heavy atom. The van der Waals surface area contributed by atoms with Crippen LogP contribution in [0.15, 0.2) is 71.2 Å². The predicted octanol–water partition coefficient (Wildman–Crippen LogP) is 5.65. The molecular formula is C27H25BrN2O5. The number of hydrogen-bond acceptors (Lipinski definition) is 4. The number of benzene rings is 3. The molecule has 1 aliphatic carbocycles.